The molecule has 1 fully saturated rings. The molecule has 2 aliphatic rings. The highest BCUT2D eigenvalue weighted by molar-refractivity contribution is 6.31. The number of amides is 3. The molecule has 0 spiro atoms. The zero-order chi connectivity index (χ0) is 22.0. The monoisotopic (exact) mass is 441 g/mol. The second-order valence-electron chi connectivity index (χ2n) is 8.23. The SMILES string of the molecule is CCc1ccc(NC(=O)C2CCN(C(=O)N3C[C@H](C)Oc4ccc(Cl)cc43)CC2)cc1. The van der Waals surface area contributed by atoms with Crippen LogP contribution < -0.4 is 15.0 Å². The lowest BCUT2D eigenvalue weighted by atomic mass is 9.96. The van der Waals surface area contributed by atoms with Gasteiger partial charge in [-0.1, -0.05) is 30.7 Å². The van der Waals surface area contributed by atoms with Gasteiger partial charge in [0.2, 0.25) is 5.91 Å². The highest BCUT2D eigenvalue weighted by Gasteiger charge is 2.34. The predicted molar refractivity (Wildman–Crippen MR) is 123 cm³/mol. The molecule has 2 aliphatic heterocycles. The molecule has 2 heterocycles. The lowest BCUT2D eigenvalue weighted by Gasteiger charge is -2.39. The first-order valence-corrected chi connectivity index (χ1v) is 11.2. The van der Waals surface area contributed by atoms with Crippen LogP contribution in [0.4, 0.5) is 16.2 Å². The van der Waals surface area contributed by atoms with Crippen molar-refractivity contribution in [1.82, 2.24) is 4.90 Å². The Kier molecular flexibility index (Phi) is 6.37. The van der Waals surface area contributed by atoms with Crippen molar-refractivity contribution < 1.29 is 14.3 Å². The summed E-state index contributed by atoms with van der Waals surface area (Å²) < 4.78 is 5.85. The summed E-state index contributed by atoms with van der Waals surface area (Å²) in [5.41, 5.74) is 2.76. The van der Waals surface area contributed by atoms with E-state index in [4.69, 9.17) is 16.3 Å². The average Bonchev–Trinajstić information content (AvgIpc) is 2.79. The third kappa shape index (κ3) is 4.79. The molecule has 0 bridgehead atoms. The molecule has 4 rings (SSSR count). The molecule has 2 aromatic carbocycles. The van der Waals surface area contributed by atoms with Gasteiger partial charge in [0.05, 0.1) is 12.2 Å². The molecule has 0 unspecified atom stereocenters. The highest BCUT2D eigenvalue weighted by Crippen LogP contribution is 2.36. The molecule has 1 N–H and O–H groups in total. The molecule has 0 aromatic heterocycles. The number of urea groups is 1. The van der Waals surface area contributed by atoms with Crippen molar-refractivity contribution in [2.75, 3.05) is 29.9 Å². The van der Waals surface area contributed by atoms with Gasteiger partial charge in [-0.05, 0) is 62.1 Å². The van der Waals surface area contributed by atoms with E-state index in [-0.39, 0.29) is 24.0 Å². The van der Waals surface area contributed by atoms with Gasteiger partial charge >= 0.3 is 6.03 Å². The smallest absolute Gasteiger partial charge is 0.324 e. The molecule has 0 aliphatic carbocycles. The number of hydrogen-bond donors (Lipinski definition) is 1. The summed E-state index contributed by atoms with van der Waals surface area (Å²) in [4.78, 5) is 29.5. The second-order valence-corrected chi connectivity index (χ2v) is 8.67. The first kappa shape index (κ1) is 21.5. The van der Waals surface area contributed by atoms with E-state index < -0.39 is 0 Å². The Morgan fingerprint density at radius 2 is 1.84 bits per heavy atom. The van der Waals surface area contributed by atoms with Crippen LogP contribution in [-0.2, 0) is 11.2 Å². The van der Waals surface area contributed by atoms with Crippen LogP contribution in [0.25, 0.3) is 0 Å². The number of benzene rings is 2. The summed E-state index contributed by atoms with van der Waals surface area (Å²) in [5.74, 6) is 0.591. The fourth-order valence-electron chi connectivity index (χ4n) is 4.16. The minimum Gasteiger partial charge on any atom is -0.487 e. The maximum Gasteiger partial charge on any atom is 0.324 e. The lowest BCUT2D eigenvalue weighted by molar-refractivity contribution is -0.121. The number of nitrogens with zero attached hydrogens (tertiary/aromatic N) is 2. The molecule has 0 radical (unpaired) electrons. The normalized spacial score (nSPS) is 18.9. The fourth-order valence-corrected chi connectivity index (χ4v) is 4.33. The fraction of sp³-hybridized carbons (Fsp3) is 0.417. The highest BCUT2D eigenvalue weighted by atomic mass is 35.5. The van der Waals surface area contributed by atoms with E-state index in [0.29, 0.717) is 48.9 Å². The third-order valence-corrected chi connectivity index (χ3v) is 6.21. The Bertz CT molecular complexity index is 955. The van der Waals surface area contributed by atoms with Crippen LogP contribution >= 0.6 is 11.6 Å². The standard InChI is InChI=1S/C24H28ClN3O3/c1-3-17-4-7-20(8-5-17)26-23(29)18-10-12-27(13-11-18)24(30)28-15-16(2)31-22-9-6-19(25)14-21(22)28/h4-9,14,16,18H,3,10-13,15H2,1-2H3,(H,26,29)/t16-/m0/s1. The summed E-state index contributed by atoms with van der Waals surface area (Å²) in [6.45, 7) is 5.62. The zero-order valence-corrected chi connectivity index (χ0v) is 18.7. The maximum absolute atomic E-state index is 13.3. The lowest BCUT2D eigenvalue weighted by Crippen LogP contribution is -2.51. The largest absolute Gasteiger partial charge is 0.487 e. The summed E-state index contributed by atoms with van der Waals surface area (Å²) >= 11 is 6.15. The van der Waals surface area contributed by atoms with E-state index in [1.54, 1.807) is 23.1 Å². The maximum atomic E-state index is 13.3. The van der Waals surface area contributed by atoms with Crippen molar-refractivity contribution in [3.63, 3.8) is 0 Å². The van der Waals surface area contributed by atoms with Crippen molar-refractivity contribution >= 4 is 34.9 Å². The molecule has 2 aromatic rings. The van der Waals surface area contributed by atoms with Crippen molar-refractivity contribution in [2.45, 2.75) is 39.2 Å². The number of fused-ring (bicyclic) bond motifs is 1. The Hall–Kier alpha value is -2.73. The van der Waals surface area contributed by atoms with E-state index >= 15 is 0 Å². The van der Waals surface area contributed by atoms with Crippen LogP contribution in [-0.4, -0.2) is 42.6 Å². The van der Waals surface area contributed by atoms with Crippen molar-refractivity contribution in [3.05, 3.63) is 53.1 Å². The molecule has 3 amide bonds. The Morgan fingerprint density at radius 1 is 1.13 bits per heavy atom. The number of hydrogen-bond acceptors (Lipinski definition) is 3. The predicted octanol–water partition coefficient (Wildman–Crippen LogP) is 4.96. The topological polar surface area (TPSA) is 61.9 Å². The van der Waals surface area contributed by atoms with Crippen molar-refractivity contribution in [3.8, 4) is 5.75 Å². The molecule has 1 saturated heterocycles. The van der Waals surface area contributed by atoms with Gasteiger partial charge in [0, 0.05) is 29.7 Å². The zero-order valence-electron chi connectivity index (χ0n) is 17.9. The summed E-state index contributed by atoms with van der Waals surface area (Å²) in [6.07, 6.45) is 2.17. The van der Waals surface area contributed by atoms with E-state index in [2.05, 4.69) is 12.2 Å². The van der Waals surface area contributed by atoms with E-state index in [0.717, 1.165) is 12.1 Å². The van der Waals surface area contributed by atoms with Gasteiger partial charge in [0.15, 0.2) is 0 Å². The molecule has 31 heavy (non-hydrogen) atoms. The molecular formula is C24H28ClN3O3. The van der Waals surface area contributed by atoms with E-state index in [1.165, 1.54) is 5.56 Å². The molecule has 0 saturated carbocycles. The van der Waals surface area contributed by atoms with Crippen LogP contribution in [0.1, 0.15) is 32.3 Å². The number of aryl methyl sites for hydroxylation is 1. The number of rotatable bonds is 3. The molecule has 164 valence electrons. The second kappa shape index (κ2) is 9.18. The number of anilines is 2. The van der Waals surface area contributed by atoms with Gasteiger partial charge in [-0.2, -0.15) is 0 Å². The molecule has 1 atom stereocenters. The number of halogens is 1. The summed E-state index contributed by atoms with van der Waals surface area (Å²) in [7, 11) is 0. The van der Waals surface area contributed by atoms with Crippen LogP contribution in [0, 0.1) is 5.92 Å². The van der Waals surface area contributed by atoms with Gasteiger partial charge < -0.3 is 15.0 Å². The van der Waals surface area contributed by atoms with Gasteiger partial charge in [0.25, 0.3) is 0 Å². The van der Waals surface area contributed by atoms with Crippen LogP contribution in [0.5, 0.6) is 5.75 Å². The van der Waals surface area contributed by atoms with E-state index in [1.807, 2.05) is 36.1 Å². The van der Waals surface area contributed by atoms with Gasteiger partial charge in [-0.3, -0.25) is 9.69 Å². The van der Waals surface area contributed by atoms with Gasteiger partial charge in [-0.15, -0.1) is 0 Å². The number of piperidine rings is 1. The summed E-state index contributed by atoms with van der Waals surface area (Å²) in [5, 5.41) is 3.58. The third-order valence-electron chi connectivity index (χ3n) is 5.98. The molecular weight excluding hydrogens is 414 g/mol. The Labute approximate surface area is 188 Å². The van der Waals surface area contributed by atoms with Crippen LogP contribution in [0.3, 0.4) is 0 Å². The van der Waals surface area contributed by atoms with Crippen molar-refractivity contribution in [1.29, 1.82) is 0 Å². The first-order chi connectivity index (χ1) is 14.9. The quantitative estimate of drug-likeness (QED) is 0.732. The van der Waals surface area contributed by atoms with Gasteiger partial charge in [-0.25, -0.2) is 4.79 Å². The van der Waals surface area contributed by atoms with Crippen LogP contribution in [0.2, 0.25) is 5.02 Å². The first-order valence-electron chi connectivity index (χ1n) is 10.9. The molecule has 6 nitrogen and oxygen atoms in total. The van der Waals surface area contributed by atoms with E-state index in [9.17, 15) is 9.59 Å². The van der Waals surface area contributed by atoms with Crippen molar-refractivity contribution in [2.24, 2.45) is 5.92 Å². The van der Waals surface area contributed by atoms with Gasteiger partial charge in [0.1, 0.15) is 11.9 Å². The average molecular weight is 442 g/mol. The number of likely N-dealkylation sites (tertiary alicyclic amines) is 1. The number of carbonyl (C=O) groups is 2. The minimum absolute atomic E-state index is 0.0217. The number of carbonyl (C=O) groups excluding carboxylic acids is 2. The number of ether oxygens (including phenoxy) is 1. The minimum atomic E-state index is -0.0972. The van der Waals surface area contributed by atoms with Crippen LogP contribution in [0.15, 0.2) is 42.5 Å². The Balaban J connectivity index is 1.37. The summed E-state index contributed by atoms with van der Waals surface area (Å²) in [6, 6.07) is 13.2. The number of nitrogens with one attached hydrogen (secondary N) is 1. The molecule has 7 heteroatoms. The Morgan fingerprint density at radius 3 is 2.52 bits per heavy atom.